The lowest BCUT2D eigenvalue weighted by atomic mass is 9.93. The molecular weight excluding hydrogens is 352 g/mol. The van der Waals surface area contributed by atoms with E-state index >= 15 is 0 Å². The van der Waals surface area contributed by atoms with Crippen molar-refractivity contribution in [3.63, 3.8) is 0 Å². The van der Waals surface area contributed by atoms with Crippen molar-refractivity contribution in [1.29, 1.82) is 0 Å². The first-order valence-electron chi connectivity index (χ1n) is 9.30. The molecule has 7 nitrogen and oxygen atoms in total. The maximum absolute atomic E-state index is 12.1. The molecule has 3 fully saturated rings. The number of sulfone groups is 1. The molecule has 5 rings (SSSR count). The molecular formula is C18H22N4O3S. The van der Waals surface area contributed by atoms with Gasteiger partial charge in [-0.2, -0.15) is 4.98 Å². The van der Waals surface area contributed by atoms with Gasteiger partial charge in [0.05, 0.1) is 17.4 Å². The maximum atomic E-state index is 12.1. The lowest BCUT2D eigenvalue weighted by Gasteiger charge is -2.27. The Morgan fingerprint density at radius 2 is 2.00 bits per heavy atom. The van der Waals surface area contributed by atoms with E-state index in [1.54, 1.807) is 6.20 Å². The Bertz CT molecular complexity index is 929. The van der Waals surface area contributed by atoms with Crippen LogP contribution in [-0.4, -0.2) is 48.1 Å². The summed E-state index contributed by atoms with van der Waals surface area (Å²) in [7, 11) is -3.01. The van der Waals surface area contributed by atoms with E-state index in [9.17, 15) is 8.42 Å². The molecule has 2 aromatic rings. The van der Waals surface area contributed by atoms with E-state index in [4.69, 9.17) is 4.52 Å². The highest BCUT2D eigenvalue weighted by Crippen LogP contribution is 2.60. The van der Waals surface area contributed by atoms with Crippen molar-refractivity contribution < 1.29 is 12.9 Å². The van der Waals surface area contributed by atoms with Crippen molar-refractivity contribution in [3.05, 3.63) is 24.2 Å². The first-order valence-corrected chi connectivity index (χ1v) is 11.1. The van der Waals surface area contributed by atoms with Gasteiger partial charge in [-0.15, -0.1) is 0 Å². The first kappa shape index (κ1) is 16.2. The maximum Gasteiger partial charge on any atom is 0.231 e. The van der Waals surface area contributed by atoms with Gasteiger partial charge >= 0.3 is 0 Å². The summed E-state index contributed by atoms with van der Waals surface area (Å²) in [6.07, 6.45) is 7.30. The molecule has 0 aromatic carbocycles. The normalized spacial score (nSPS) is 26.3. The molecule has 1 spiro atoms. The van der Waals surface area contributed by atoms with Crippen LogP contribution in [-0.2, 0) is 9.84 Å². The van der Waals surface area contributed by atoms with Gasteiger partial charge in [0.25, 0.3) is 0 Å². The highest BCUT2D eigenvalue weighted by molar-refractivity contribution is 7.91. The van der Waals surface area contributed by atoms with E-state index in [0.717, 1.165) is 37.3 Å². The Balaban J connectivity index is 1.42. The van der Waals surface area contributed by atoms with Gasteiger partial charge in [-0.25, -0.2) is 13.4 Å². The second-order valence-electron chi connectivity index (χ2n) is 7.88. The van der Waals surface area contributed by atoms with Gasteiger partial charge in [-0.3, -0.25) is 0 Å². The van der Waals surface area contributed by atoms with Gasteiger partial charge in [0.2, 0.25) is 11.7 Å². The Morgan fingerprint density at radius 3 is 2.77 bits per heavy atom. The minimum atomic E-state index is -3.01. The Kier molecular flexibility index (Phi) is 3.60. The third-order valence-electron chi connectivity index (χ3n) is 5.98. The molecule has 138 valence electrons. The number of pyridine rings is 1. The Morgan fingerprint density at radius 1 is 1.19 bits per heavy atom. The summed E-state index contributed by atoms with van der Waals surface area (Å²) >= 11 is 0. The zero-order valence-corrected chi connectivity index (χ0v) is 15.4. The third-order valence-corrected chi connectivity index (χ3v) is 7.84. The number of nitrogens with zero attached hydrogens (tertiary/aromatic N) is 4. The summed E-state index contributed by atoms with van der Waals surface area (Å²) in [6.45, 7) is 2.05. The lowest BCUT2D eigenvalue weighted by Crippen LogP contribution is -2.30. The minimum absolute atomic E-state index is 0.129. The van der Waals surface area contributed by atoms with E-state index in [1.165, 1.54) is 19.3 Å². The Labute approximate surface area is 152 Å². The predicted molar refractivity (Wildman–Crippen MR) is 96.7 cm³/mol. The van der Waals surface area contributed by atoms with Crippen molar-refractivity contribution in [2.24, 2.45) is 5.41 Å². The number of hydrogen-bond donors (Lipinski definition) is 0. The van der Waals surface area contributed by atoms with Crippen LogP contribution in [0.4, 0.5) is 5.82 Å². The highest BCUT2D eigenvalue weighted by atomic mass is 32.2. The summed E-state index contributed by atoms with van der Waals surface area (Å²) in [5.74, 6) is 2.16. The topological polar surface area (TPSA) is 89.2 Å². The van der Waals surface area contributed by atoms with Gasteiger partial charge in [-0.05, 0) is 49.7 Å². The van der Waals surface area contributed by atoms with Crippen molar-refractivity contribution in [1.82, 2.24) is 15.1 Å². The third kappa shape index (κ3) is 2.80. The smallest absolute Gasteiger partial charge is 0.231 e. The minimum Gasteiger partial charge on any atom is -0.357 e. The molecule has 2 aromatic heterocycles. The van der Waals surface area contributed by atoms with Crippen molar-refractivity contribution in [2.75, 3.05) is 29.5 Å². The SMILES string of the molecule is O=S1(=O)CC(c2nc(-c3ccnc(N4CCCCC4)c3)no2)C2(CC2)C1. The van der Waals surface area contributed by atoms with Gasteiger partial charge in [0, 0.05) is 24.8 Å². The van der Waals surface area contributed by atoms with Crippen LogP contribution in [0.2, 0.25) is 0 Å². The van der Waals surface area contributed by atoms with E-state index in [1.807, 2.05) is 12.1 Å². The Hall–Kier alpha value is -1.96. The number of aromatic nitrogens is 3. The molecule has 2 aliphatic heterocycles. The second-order valence-corrected chi connectivity index (χ2v) is 9.99. The van der Waals surface area contributed by atoms with Gasteiger partial charge in [-0.1, -0.05) is 5.16 Å². The molecule has 3 aliphatic rings. The zero-order valence-electron chi connectivity index (χ0n) is 14.6. The van der Waals surface area contributed by atoms with E-state index in [2.05, 4.69) is 20.0 Å². The van der Waals surface area contributed by atoms with Crippen LogP contribution >= 0.6 is 0 Å². The molecule has 0 bridgehead atoms. The fourth-order valence-electron chi connectivity index (χ4n) is 4.36. The monoisotopic (exact) mass is 374 g/mol. The average Bonchev–Trinajstić information content (AvgIpc) is 3.14. The largest absolute Gasteiger partial charge is 0.357 e. The molecule has 1 atom stereocenters. The summed E-state index contributed by atoms with van der Waals surface area (Å²) in [5, 5.41) is 4.13. The highest BCUT2D eigenvalue weighted by Gasteiger charge is 2.60. The number of anilines is 1. The first-order chi connectivity index (χ1) is 12.5. The van der Waals surface area contributed by atoms with Gasteiger partial charge < -0.3 is 9.42 Å². The van der Waals surface area contributed by atoms with Crippen LogP contribution in [0, 0.1) is 5.41 Å². The fraction of sp³-hybridized carbons (Fsp3) is 0.611. The number of hydrogen-bond acceptors (Lipinski definition) is 7. The molecule has 1 aliphatic carbocycles. The standard InChI is InChI=1S/C18H22N4O3S/c23-26(24)11-14(18(12-26)5-6-18)17-20-16(21-25-17)13-4-7-19-15(10-13)22-8-2-1-3-9-22/h4,7,10,14H,1-3,5-6,8-9,11-12H2. The van der Waals surface area contributed by atoms with E-state index in [0.29, 0.717) is 11.7 Å². The van der Waals surface area contributed by atoms with Crippen molar-refractivity contribution in [3.8, 4) is 11.4 Å². The molecule has 0 radical (unpaired) electrons. The van der Waals surface area contributed by atoms with Crippen LogP contribution in [0.5, 0.6) is 0 Å². The van der Waals surface area contributed by atoms with E-state index in [-0.39, 0.29) is 22.8 Å². The summed E-state index contributed by atoms with van der Waals surface area (Å²) in [5.41, 5.74) is 0.709. The predicted octanol–water partition coefficient (Wildman–Crippen LogP) is 2.41. The van der Waals surface area contributed by atoms with Crippen molar-refractivity contribution in [2.45, 2.75) is 38.0 Å². The molecule has 0 amide bonds. The lowest BCUT2D eigenvalue weighted by molar-refractivity contribution is 0.326. The van der Waals surface area contributed by atoms with Crippen LogP contribution in [0.3, 0.4) is 0 Å². The van der Waals surface area contributed by atoms with Crippen molar-refractivity contribution >= 4 is 15.7 Å². The van der Waals surface area contributed by atoms with Gasteiger partial charge in [0.15, 0.2) is 9.84 Å². The zero-order chi connectivity index (χ0) is 17.8. The summed E-state index contributed by atoms with van der Waals surface area (Å²) in [4.78, 5) is 11.3. The quantitative estimate of drug-likeness (QED) is 0.815. The second kappa shape index (κ2) is 5.77. The molecule has 2 saturated heterocycles. The van der Waals surface area contributed by atoms with Crippen LogP contribution in [0.15, 0.2) is 22.9 Å². The summed E-state index contributed by atoms with van der Waals surface area (Å²) in [6, 6.07) is 3.87. The summed E-state index contributed by atoms with van der Waals surface area (Å²) < 4.78 is 29.6. The average molecular weight is 374 g/mol. The molecule has 1 saturated carbocycles. The van der Waals surface area contributed by atoms with E-state index < -0.39 is 9.84 Å². The van der Waals surface area contributed by atoms with Crippen LogP contribution in [0.1, 0.15) is 43.9 Å². The molecule has 26 heavy (non-hydrogen) atoms. The van der Waals surface area contributed by atoms with Gasteiger partial charge in [0.1, 0.15) is 5.82 Å². The fourth-order valence-corrected chi connectivity index (χ4v) is 6.85. The number of piperidine rings is 1. The molecule has 8 heteroatoms. The molecule has 0 N–H and O–H groups in total. The van der Waals surface area contributed by atoms with Crippen LogP contribution < -0.4 is 4.90 Å². The number of rotatable bonds is 3. The molecule has 1 unspecified atom stereocenters. The van der Waals surface area contributed by atoms with Crippen LogP contribution in [0.25, 0.3) is 11.4 Å². The molecule has 4 heterocycles.